The van der Waals surface area contributed by atoms with Gasteiger partial charge in [-0.05, 0) is 28.7 Å². The molecule has 5 rings (SSSR count). The van der Waals surface area contributed by atoms with E-state index in [2.05, 4.69) is 64.9 Å². The molecule has 2 heterocycles. The van der Waals surface area contributed by atoms with Crippen molar-refractivity contribution in [2.75, 3.05) is 19.6 Å². The Kier molecular flexibility index (Phi) is 2.60. The first-order valence-electron chi connectivity index (χ1n) is 8.28. The van der Waals surface area contributed by atoms with E-state index in [1.54, 1.807) is 0 Å². The first kappa shape index (κ1) is 12.3. The van der Waals surface area contributed by atoms with Gasteiger partial charge in [-0.3, -0.25) is 0 Å². The average Bonchev–Trinajstić information content (AvgIpc) is 3.24. The lowest BCUT2D eigenvalue weighted by Crippen LogP contribution is -2.24. The Hall–Kier alpha value is -2.22. The number of fused-ring (bicyclic) bond motifs is 4. The first-order chi connectivity index (χ1) is 10.9. The maximum atomic E-state index is 3.41. The van der Waals surface area contributed by atoms with Crippen molar-refractivity contribution in [3.63, 3.8) is 0 Å². The van der Waals surface area contributed by atoms with Crippen LogP contribution in [0, 0.1) is 5.92 Å². The molecule has 22 heavy (non-hydrogen) atoms. The zero-order valence-corrected chi connectivity index (χ0v) is 12.6. The quantitative estimate of drug-likeness (QED) is 0.909. The molecule has 1 unspecified atom stereocenters. The van der Waals surface area contributed by atoms with Crippen LogP contribution in [0.5, 0.6) is 0 Å². The monoisotopic (exact) mass is 288 g/mol. The largest absolute Gasteiger partial charge is 0.389 e. The van der Waals surface area contributed by atoms with Crippen LogP contribution in [-0.2, 0) is 0 Å². The minimum atomic E-state index is 0.507. The van der Waals surface area contributed by atoms with Crippen molar-refractivity contribution < 1.29 is 0 Å². The number of nitrogens with one attached hydrogen (secondary N) is 1. The fourth-order valence-electron chi connectivity index (χ4n) is 4.44. The summed E-state index contributed by atoms with van der Waals surface area (Å²) in [7, 11) is 0. The summed E-state index contributed by atoms with van der Waals surface area (Å²) in [6, 6.07) is 17.9. The first-order valence-corrected chi connectivity index (χ1v) is 8.28. The molecule has 3 aliphatic rings. The second-order valence-electron chi connectivity index (χ2n) is 6.64. The molecule has 0 spiro atoms. The number of likely N-dealkylation sites (tertiary alicyclic amines) is 1. The van der Waals surface area contributed by atoms with Crippen LogP contribution in [0.2, 0.25) is 0 Å². The Morgan fingerprint density at radius 1 is 0.955 bits per heavy atom. The zero-order valence-electron chi connectivity index (χ0n) is 12.6. The highest BCUT2D eigenvalue weighted by Crippen LogP contribution is 2.46. The van der Waals surface area contributed by atoms with Gasteiger partial charge in [-0.25, -0.2) is 0 Å². The maximum Gasteiger partial charge on any atom is 0.0342 e. The smallest absolute Gasteiger partial charge is 0.0342 e. The molecule has 1 atom stereocenters. The van der Waals surface area contributed by atoms with Crippen LogP contribution in [0.3, 0.4) is 0 Å². The lowest BCUT2D eigenvalue weighted by Gasteiger charge is -2.25. The van der Waals surface area contributed by atoms with E-state index in [-0.39, 0.29) is 0 Å². The molecule has 2 aliphatic heterocycles. The lowest BCUT2D eigenvalue weighted by molar-refractivity contribution is 0.378. The van der Waals surface area contributed by atoms with Gasteiger partial charge in [-0.1, -0.05) is 48.5 Å². The van der Waals surface area contributed by atoms with Crippen molar-refractivity contribution in [2.24, 2.45) is 5.92 Å². The summed E-state index contributed by atoms with van der Waals surface area (Å²) >= 11 is 0. The standard InChI is InChI=1S/C20H20N2/c1-3-7-17-15(5-1)16-6-2-4-8-18(16)19(17)13-22-10-9-14-11-21-12-20(14)22/h1-8,12,14,19,21H,9-11,13H2. The normalized spacial score (nSPS) is 22.1. The van der Waals surface area contributed by atoms with Crippen LogP contribution in [-0.4, -0.2) is 24.5 Å². The summed E-state index contributed by atoms with van der Waals surface area (Å²) in [6.45, 7) is 3.45. The molecule has 2 heteroatoms. The van der Waals surface area contributed by atoms with Crippen LogP contribution in [0.4, 0.5) is 0 Å². The third kappa shape index (κ3) is 1.67. The van der Waals surface area contributed by atoms with E-state index in [9.17, 15) is 0 Å². The van der Waals surface area contributed by atoms with Gasteiger partial charge in [0.1, 0.15) is 0 Å². The third-order valence-corrected chi connectivity index (χ3v) is 5.51. The molecule has 0 amide bonds. The molecule has 0 aromatic heterocycles. The number of hydrogen-bond donors (Lipinski definition) is 1. The van der Waals surface area contributed by atoms with E-state index in [1.807, 2.05) is 0 Å². The van der Waals surface area contributed by atoms with Crippen LogP contribution in [0.25, 0.3) is 11.1 Å². The van der Waals surface area contributed by atoms with E-state index >= 15 is 0 Å². The van der Waals surface area contributed by atoms with Gasteiger partial charge in [0.25, 0.3) is 0 Å². The predicted octanol–water partition coefficient (Wildman–Crippen LogP) is 3.57. The summed E-state index contributed by atoms with van der Waals surface area (Å²) in [5.41, 5.74) is 7.38. The van der Waals surface area contributed by atoms with E-state index in [4.69, 9.17) is 0 Å². The molecule has 0 saturated carbocycles. The van der Waals surface area contributed by atoms with Crippen LogP contribution < -0.4 is 5.32 Å². The van der Waals surface area contributed by atoms with Gasteiger partial charge >= 0.3 is 0 Å². The van der Waals surface area contributed by atoms with Crippen molar-refractivity contribution in [1.82, 2.24) is 10.2 Å². The van der Waals surface area contributed by atoms with Crippen molar-refractivity contribution in [2.45, 2.75) is 12.3 Å². The average molecular weight is 288 g/mol. The van der Waals surface area contributed by atoms with Gasteiger partial charge in [-0.2, -0.15) is 0 Å². The van der Waals surface area contributed by atoms with E-state index in [0.29, 0.717) is 5.92 Å². The molecular weight excluding hydrogens is 268 g/mol. The minimum absolute atomic E-state index is 0.507. The van der Waals surface area contributed by atoms with Crippen molar-refractivity contribution in [1.29, 1.82) is 0 Å². The summed E-state index contributed by atoms with van der Waals surface area (Å²) in [5.74, 6) is 1.25. The summed E-state index contributed by atoms with van der Waals surface area (Å²) in [5, 5.41) is 3.41. The van der Waals surface area contributed by atoms with Gasteiger partial charge in [0, 0.05) is 43.4 Å². The summed E-state index contributed by atoms with van der Waals surface area (Å²) in [4.78, 5) is 2.61. The zero-order chi connectivity index (χ0) is 14.5. The van der Waals surface area contributed by atoms with Gasteiger partial charge in [0.15, 0.2) is 0 Å². The number of rotatable bonds is 2. The number of nitrogens with zero attached hydrogens (tertiary/aromatic N) is 1. The molecule has 2 nitrogen and oxygen atoms in total. The highest BCUT2D eigenvalue weighted by molar-refractivity contribution is 5.78. The molecule has 110 valence electrons. The maximum absolute atomic E-state index is 3.41. The van der Waals surface area contributed by atoms with E-state index in [1.165, 1.54) is 40.9 Å². The van der Waals surface area contributed by atoms with Gasteiger partial charge in [0.2, 0.25) is 0 Å². The van der Waals surface area contributed by atoms with Crippen LogP contribution in [0.15, 0.2) is 60.4 Å². The fraction of sp³-hybridized carbons (Fsp3) is 0.300. The van der Waals surface area contributed by atoms with Crippen molar-refractivity contribution >= 4 is 0 Å². The topological polar surface area (TPSA) is 15.3 Å². The van der Waals surface area contributed by atoms with Crippen molar-refractivity contribution in [3.8, 4) is 11.1 Å². The van der Waals surface area contributed by atoms with Gasteiger partial charge in [0.05, 0.1) is 0 Å². The molecule has 1 saturated heterocycles. The van der Waals surface area contributed by atoms with Crippen molar-refractivity contribution in [3.05, 3.63) is 71.6 Å². The second-order valence-corrected chi connectivity index (χ2v) is 6.64. The molecule has 0 radical (unpaired) electrons. The SMILES string of the molecule is C1=C2C(CCN2CC2c3ccccc3-c3ccccc32)CN1. The van der Waals surface area contributed by atoms with E-state index in [0.717, 1.165) is 19.0 Å². The Bertz CT molecular complexity index is 716. The van der Waals surface area contributed by atoms with Gasteiger partial charge in [-0.15, -0.1) is 0 Å². The number of hydrogen-bond acceptors (Lipinski definition) is 2. The Labute approximate surface area is 131 Å². The third-order valence-electron chi connectivity index (χ3n) is 5.51. The van der Waals surface area contributed by atoms with Gasteiger partial charge < -0.3 is 10.2 Å². The Morgan fingerprint density at radius 2 is 1.64 bits per heavy atom. The molecule has 2 aromatic carbocycles. The molecule has 1 aliphatic carbocycles. The Morgan fingerprint density at radius 3 is 2.36 bits per heavy atom. The fourth-order valence-corrected chi connectivity index (χ4v) is 4.44. The number of benzene rings is 2. The Balaban J connectivity index is 1.55. The summed E-state index contributed by atoms with van der Waals surface area (Å²) in [6.07, 6.45) is 3.54. The molecule has 2 aromatic rings. The minimum Gasteiger partial charge on any atom is -0.389 e. The summed E-state index contributed by atoms with van der Waals surface area (Å²) < 4.78 is 0. The predicted molar refractivity (Wildman–Crippen MR) is 89.5 cm³/mol. The molecule has 0 bridgehead atoms. The highest BCUT2D eigenvalue weighted by Gasteiger charge is 2.35. The highest BCUT2D eigenvalue weighted by atomic mass is 15.2. The lowest BCUT2D eigenvalue weighted by atomic mass is 9.96. The van der Waals surface area contributed by atoms with Crippen LogP contribution >= 0.6 is 0 Å². The van der Waals surface area contributed by atoms with Crippen LogP contribution in [0.1, 0.15) is 23.5 Å². The van der Waals surface area contributed by atoms with E-state index < -0.39 is 0 Å². The molecular formula is C20H20N2. The second kappa shape index (κ2) is 4.64. The molecule has 1 N–H and O–H groups in total. The molecule has 1 fully saturated rings.